The van der Waals surface area contributed by atoms with Crippen LogP contribution in [0.3, 0.4) is 0 Å². The fourth-order valence-corrected chi connectivity index (χ4v) is 4.27. The van der Waals surface area contributed by atoms with Crippen molar-refractivity contribution in [2.24, 2.45) is 0 Å². The molecule has 37 heavy (non-hydrogen) atoms. The summed E-state index contributed by atoms with van der Waals surface area (Å²) in [6, 6.07) is 20.5. The van der Waals surface area contributed by atoms with E-state index in [0.717, 1.165) is 22.5 Å². The van der Waals surface area contributed by atoms with Gasteiger partial charge in [0, 0.05) is 43.2 Å². The first kappa shape index (κ1) is 24.3. The molecule has 9 nitrogen and oxygen atoms in total. The number of methoxy groups -OCH3 is 1. The molecule has 190 valence electrons. The second-order valence-corrected chi connectivity index (χ2v) is 8.51. The van der Waals surface area contributed by atoms with Crippen LogP contribution in [0.25, 0.3) is 10.9 Å². The van der Waals surface area contributed by atoms with E-state index in [9.17, 15) is 4.79 Å². The molecule has 0 unspecified atom stereocenters. The minimum Gasteiger partial charge on any atom is -0.493 e. The Morgan fingerprint density at radius 3 is 2.35 bits per heavy atom. The van der Waals surface area contributed by atoms with Gasteiger partial charge in [-0.1, -0.05) is 18.2 Å². The molecule has 1 aliphatic rings. The lowest BCUT2D eigenvalue weighted by atomic mass is 10.2. The molecule has 2 heterocycles. The average Bonchev–Trinajstić information content (AvgIpc) is 2.94. The SMILES string of the molecule is CCOc1cc2ncnc(N3CCN(NC(=O)c4ccc(Oc5ccccc5)cc4)CC3)c2cc1OC. The van der Waals surface area contributed by atoms with Crippen molar-refractivity contribution in [1.82, 2.24) is 20.4 Å². The minimum absolute atomic E-state index is 0.152. The lowest BCUT2D eigenvalue weighted by Crippen LogP contribution is -2.53. The van der Waals surface area contributed by atoms with Crippen LogP contribution in [0.5, 0.6) is 23.0 Å². The molecule has 1 aromatic heterocycles. The molecular weight excluding hydrogens is 470 g/mol. The summed E-state index contributed by atoms with van der Waals surface area (Å²) < 4.78 is 17.0. The van der Waals surface area contributed by atoms with Crippen LogP contribution in [0.1, 0.15) is 17.3 Å². The van der Waals surface area contributed by atoms with Gasteiger partial charge in [-0.3, -0.25) is 10.2 Å². The Kier molecular flexibility index (Phi) is 7.32. The summed E-state index contributed by atoms with van der Waals surface area (Å²) in [5, 5.41) is 2.84. The number of benzene rings is 3. The van der Waals surface area contributed by atoms with E-state index in [1.165, 1.54) is 0 Å². The highest BCUT2D eigenvalue weighted by Crippen LogP contribution is 2.35. The summed E-state index contributed by atoms with van der Waals surface area (Å²) in [6.45, 7) is 5.18. The van der Waals surface area contributed by atoms with E-state index in [1.807, 2.05) is 54.4 Å². The van der Waals surface area contributed by atoms with Crippen molar-refractivity contribution in [3.05, 3.63) is 78.6 Å². The summed E-state index contributed by atoms with van der Waals surface area (Å²) in [4.78, 5) is 24.0. The molecule has 3 aromatic carbocycles. The van der Waals surface area contributed by atoms with E-state index >= 15 is 0 Å². The molecule has 1 N–H and O–H groups in total. The van der Waals surface area contributed by atoms with Gasteiger partial charge in [0.1, 0.15) is 23.6 Å². The smallest absolute Gasteiger partial charge is 0.265 e. The van der Waals surface area contributed by atoms with Crippen LogP contribution in [0.4, 0.5) is 5.82 Å². The zero-order chi connectivity index (χ0) is 25.6. The Bertz CT molecular complexity index is 1360. The summed E-state index contributed by atoms with van der Waals surface area (Å²) in [5.41, 5.74) is 4.38. The predicted octanol–water partition coefficient (Wildman–Crippen LogP) is 4.30. The summed E-state index contributed by atoms with van der Waals surface area (Å²) in [5.74, 6) is 3.43. The summed E-state index contributed by atoms with van der Waals surface area (Å²) in [7, 11) is 1.62. The number of amides is 1. The van der Waals surface area contributed by atoms with Crippen molar-refractivity contribution in [3.63, 3.8) is 0 Å². The maximum absolute atomic E-state index is 12.8. The number of hydrogen-bond acceptors (Lipinski definition) is 8. The van der Waals surface area contributed by atoms with Gasteiger partial charge in [0.25, 0.3) is 5.91 Å². The number of carbonyl (C=O) groups is 1. The highest BCUT2D eigenvalue weighted by molar-refractivity contribution is 5.94. The van der Waals surface area contributed by atoms with Gasteiger partial charge in [0.05, 0.1) is 19.2 Å². The van der Waals surface area contributed by atoms with Gasteiger partial charge < -0.3 is 19.1 Å². The number of fused-ring (bicyclic) bond motifs is 1. The molecule has 0 radical (unpaired) electrons. The minimum atomic E-state index is -0.152. The van der Waals surface area contributed by atoms with Crippen LogP contribution in [-0.2, 0) is 0 Å². The van der Waals surface area contributed by atoms with Crippen molar-refractivity contribution in [1.29, 1.82) is 0 Å². The number of para-hydroxylation sites is 1. The number of carbonyl (C=O) groups excluding carboxylic acids is 1. The molecule has 0 atom stereocenters. The van der Waals surface area contributed by atoms with Gasteiger partial charge in [-0.05, 0) is 49.4 Å². The zero-order valence-corrected chi connectivity index (χ0v) is 20.9. The molecule has 5 rings (SSSR count). The predicted molar refractivity (Wildman–Crippen MR) is 141 cm³/mol. The Hall–Kier alpha value is -4.37. The Morgan fingerprint density at radius 2 is 1.65 bits per heavy atom. The number of ether oxygens (including phenoxy) is 3. The Balaban J connectivity index is 1.21. The maximum Gasteiger partial charge on any atom is 0.265 e. The molecular formula is C28H29N5O4. The highest BCUT2D eigenvalue weighted by atomic mass is 16.5. The van der Waals surface area contributed by atoms with Crippen LogP contribution in [0.15, 0.2) is 73.1 Å². The van der Waals surface area contributed by atoms with Crippen LogP contribution in [0, 0.1) is 0 Å². The van der Waals surface area contributed by atoms with Crippen molar-refractivity contribution in [2.45, 2.75) is 6.92 Å². The molecule has 9 heteroatoms. The lowest BCUT2D eigenvalue weighted by molar-refractivity contribution is 0.0777. The molecule has 0 bridgehead atoms. The van der Waals surface area contributed by atoms with E-state index in [2.05, 4.69) is 20.3 Å². The number of hydrogen-bond donors (Lipinski definition) is 1. The van der Waals surface area contributed by atoms with E-state index in [1.54, 1.807) is 37.7 Å². The van der Waals surface area contributed by atoms with Crippen molar-refractivity contribution in [3.8, 4) is 23.0 Å². The molecule has 1 saturated heterocycles. The molecule has 0 spiro atoms. The van der Waals surface area contributed by atoms with Gasteiger partial charge in [0.15, 0.2) is 11.5 Å². The average molecular weight is 500 g/mol. The largest absolute Gasteiger partial charge is 0.493 e. The summed E-state index contributed by atoms with van der Waals surface area (Å²) in [6.07, 6.45) is 1.57. The zero-order valence-electron chi connectivity index (χ0n) is 20.9. The number of nitrogens with one attached hydrogen (secondary N) is 1. The lowest BCUT2D eigenvalue weighted by Gasteiger charge is -2.35. The normalized spacial score (nSPS) is 13.8. The topological polar surface area (TPSA) is 89.1 Å². The van der Waals surface area contributed by atoms with E-state index in [0.29, 0.717) is 55.6 Å². The van der Waals surface area contributed by atoms with Gasteiger partial charge in [-0.25, -0.2) is 15.0 Å². The molecule has 0 aliphatic carbocycles. The molecule has 4 aromatic rings. The first-order valence-corrected chi connectivity index (χ1v) is 12.2. The second kappa shape index (κ2) is 11.1. The molecule has 1 aliphatic heterocycles. The molecule has 1 amide bonds. The first-order valence-electron chi connectivity index (χ1n) is 12.2. The van der Waals surface area contributed by atoms with Gasteiger partial charge >= 0.3 is 0 Å². The number of aromatic nitrogens is 2. The quantitative estimate of drug-likeness (QED) is 0.384. The fraction of sp³-hybridized carbons (Fsp3) is 0.250. The monoisotopic (exact) mass is 499 g/mol. The van der Waals surface area contributed by atoms with Crippen LogP contribution < -0.4 is 24.5 Å². The third kappa shape index (κ3) is 5.57. The van der Waals surface area contributed by atoms with E-state index < -0.39 is 0 Å². The number of hydrazine groups is 1. The standard InChI is InChI=1S/C28H29N5O4/c1-3-36-26-18-24-23(17-25(26)35-2)27(30-19-29-24)32-13-15-33(16-14-32)31-28(34)20-9-11-22(12-10-20)37-21-7-5-4-6-8-21/h4-12,17-19H,3,13-16H2,1-2H3,(H,31,34). The third-order valence-electron chi connectivity index (χ3n) is 6.13. The molecule has 0 saturated carbocycles. The molecule has 1 fully saturated rings. The van der Waals surface area contributed by atoms with Crippen molar-refractivity contribution < 1.29 is 19.0 Å². The number of rotatable bonds is 8. The van der Waals surface area contributed by atoms with E-state index in [4.69, 9.17) is 14.2 Å². The Labute approximate surface area is 215 Å². The number of piperazine rings is 1. The highest BCUT2D eigenvalue weighted by Gasteiger charge is 2.22. The van der Waals surface area contributed by atoms with Gasteiger partial charge in [-0.15, -0.1) is 0 Å². The van der Waals surface area contributed by atoms with Crippen LogP contribution in [-0.4, -0.2) is 60.8 Å². The number of anilines is 1. The number of nitrogens with zero attached hydrogens (tertiary/aromatic N) is 4. The van der Waals surface area contributed by atoms with E-state index in [-0.39, 0.29) is 5.91 Å². The first-order chi connectivity index (χ1) is 18.1. The maximum atomic E-state index is 12.8. The fourth-order valence-electron chi connectivity index (χ4n) is 4.27. The van der Waals surface area contributed by atoms with Crippen molar-refractivity contribution in [2.75, 3.05) is 44.8 Å². The van der Waals surface area contributed by atoms with Crippen LogP contribution in [0.2, 0.25) is 0 Å². The Morgan fingerprint density at radius 1 is 0.919 bits per heavy atom. The summed E-state index contributed by atoms with van der Waals surface area (Å²) >= 11 is 0. The van der Waals surface area contributed by atoms with Crippen LogP contribution >= 0.6 is 0 Å². The van der Waals surface area contributed by atoms with Crippen molar-refractivity contribution >= 4 is 22.6 Å². The third-order valence-corrected chi connectivity index (χ3v) is 6.13. The van der Waals surface area contributed by atoms with Gasteiger partial charge in [-0.2, -0.15) is 0 Å². The van der Waals surface area contributed by atoms with Gasteiger partial charge in [0.2, 0.25) is 0 Å². The second-order valence-electron chi connectivity index (χ2n) is 8.51.